The van der Waals surface area contributed by atoms with Gasteiger partial charge in [0.15, 0.2) is 0 Å². The number of thiophene rings is 1. The molecular formula is C17H16N2O3S3. The number of ether oxygens (including phenoxy) is 1. The van der Waals surface area contributed by atoms with Gasteiger partial charge in [0, 0.05) is 35.0 Å². The van der Waals surface area contributed by atoms with Gasteiger partial charge in [0.1, 0.15) is 5.01 Å². The Morgan fingerprint density at radius 2 is 1.76 bits per heavy atom. The lowest BCUT2D eigenvalue weighted by molar-refractivity contribution is 0.0730. The van der Waals surface area contributed by atoms with Crippen LogP contribution >= 0.6 is 22.7 Å². The number of hydrogen-bond donors (Lipinski definition) is 0. The summed E-state index contributed by atoms with van der Waals surface area (Å²) in [7, 11) is -3.45. The fourth-order valence-electron chi connectivity index (χ4n) is 2.66. The van der Waals surface area contributed by atoms with E-state index in [-0.39, 0.29) is 0 Å². The second-order valence-corrected chi connectivity index (χ2v) is 9.17. The normalized spacial score (nSPS) is 16.2. The van der Waals surface area contributed by atoms with Crippen molar-refractivity contribution >= 4 is 32.7 Å². The van der Waals surface area contributed by atoms with E-state index in [4.69, 9.17) is 4.74 Å². The van der Waals surface area contributed by atoms with Crippen LogP contribution in [0.25, 0.3) is 21.8 Å². The van der Waals surface area contributed by atoms with Crippen molar-refractivity contribution in [3.63, 3.8) is 0 Å². The van der Waals surface area contributed by atoms with Gasteiger partial charge in [-0.2, -0.15) is 15.6 Å². The zero-order valence-corrected chi connectivity index (χ0v) is 15.7. The predicted octanol–water partition coefficient (Wildman–Crippen LogP) is 3.56. The molecule has 0 aliphatic carbocycles. The van der Waals surface area contributed by atoms with E-state index in [1.165, 1.54) is 4.31 Å². The molecule has 0 unspecified atom stereocenters. The molecule has 1 fully saturated rings. The van der Waals surface area contributed by atoms with Crippen molar-refractivity contribution in [3.8, 4) is 21.8 Å². The largest absolute Gasteiger partial charge is 0.379 e. The maximum atomic E-state index is 12.7. The monoisotopic (exact) mass is 392 g/mol. The molecule has 3 aromatic rings. The summed E-state index contributed by atoms with van der Waals surface area (Å²) in [6, 6.07) is 9.00. The van der Waals surface area contributed by atoms with Gasteiger partial charge in [0.2, 0.25) is 10.0 Å². The smallest absolute Gasteiger partial charge is 0.243 e. The first kappa shape index (κ1) is 16.9. The Hall–Kier alpha value is -1.58. The minimum Gasteiger partial charge on any atom is -0.379 e. The lowest BCUT2D eigenvalue weighted by Crippen LogP contribution is -2.40. The molecule has 1 aliphatic heterocycles. The van der Waals surface area contributed by atoms with Crippen LogP contribution in [-0.2, 0) is 14.8 Å². The van der Waals surface area contributed by atoms with E-state index < -0.39 is 10.0 Å². The zero-order chi connectivity index (χ0) is 17.3. The van der Waals surface area contributed by atoms with Crippen LogP contribution in [0.5, 0.6) is 0 Å². The van der Waals surface area contributed by atoms with Crippen molar-refractivity contribution < 1.29 is 13.2 Å². The third-order valence-electron chi connectivity index (χ3n) is 4.03. The Morgan fingerprint density at radius 1 is 1.00 bits per heavy atom. The molecule has 0 spiro atoms. The lowest BCUT2D eigenvalue weighted by Gasteiger charge is -2.26. The van der Waals surface area contributed by atoms with Crippen LogP contribution in [0.15, 0.2) is 51.4 Å². The topological polar surface area (TPSA) is 59.5 Å². The van der Waals surface area contributed by atoms with Gasteiger partial charge in [-0.1, -0.05) is 12.1 Å². The maximum absolute atomic E-state index is 12.7. The van der Waals surface area contributed by atoms with E-state index >= 15 is 0 Å². The fraction of sp³-hybridized carbons (Fsp3) is 0.235. The Bertz CT molecular complexity index is 941. The molecule has 1 aliphatic rings. The number of rotatable bonds is 4. The van der Waals surface area contributed by atoms with Crippen molar-refractivity contribution in [2.45, 2.75) is 4.90 Å². The molecule has 2 aromatic heterocycles. The SMILES string of the molecule is O=S(=O)(c1ccc(-c2csc(-c3ccsc3)n2)cc1)N1CCOCC1. The quantitative estimate of drug-likeness (QED) is 0.681. The summed E-state index contributed by atoms with van der Waals surface area (Å²) in [6.07, 6.45) is 0. The molecule has 5 nitrogen and oxygen atoms in total. The van der Waals surface area contributed by atoms with E-state index in [2.05, 4.69) is 10.4 Å². The average molecular weight is 393 g/mol. The number of hydrogen-bond acceptors (Lipinski definition) is 6. The molecule has 0 atom stereocenters. The third-order valence-corrected chi connectivity index (χ3v) is 7.52. The van der Waals surface area contributed by atoms with Gasteiger partial charge in [0.05, 0.1) is 23.8 Å². The molecule has 130 valence electrons. The molecule has 8 heteroatoms. The highest BCUT2D eigenvalue weighted by molar-refractivity contribution is 7.89. The number of thiazole rings is 1. The highest BCUT2D eigenvalue weighted by Crippen LogP contribution is 2.30. The van der Waals surface area contributed by atoms with Gasteiger partial charge < -0.3 is 4.74 Å². The van der Waals surface area contributed by atoms with Gasteiger partial charge in [-0.15, -0.1) is 11.3 Å². The van der Waals surface area contributed by atoms with Crippen molar-refractivity contribution in [2.24, 2.45) is 0 Å². The van der Waals surface area contributed by atoms with Crippen molar-refractivity contribution in [2.75, 3.05) is 26.3 Å². The summed E-state index contributed by atoms with van der Waals surface area (Å²) in [4.78, 5) is 4.96. The number of sulfonamides is 1. The molecule has 1 aromatic carbocycles. The van der Waals surface area contributed by atoms with Gasteiger partial charge in [-0.05, 0) is 23.6 Å². The fourth-order valence-corrected chi connectivity index (χ4v) is 5.61. The molecule has 3 heterocycles. The number of aromatic nitrogens is 1. The summed E-state index contributed by atoms with van der Waals surface area (Å²) in [5.74, 6) is 0. The molecule has 25 heavy (non-hydrogen) atoms. The first-order valence-electron chi connectivity index (χ1n) is 7.81. The van der Waals surface area contributed by atoms with Crippen molar-refractivity contribution in [3.05, 3.63) is 46.5 Å². The van der Waals surface area contributed by atoms with Crippen LogP contribution in [0, 0.1) is 0 Å². The Balaban J connectivity index is 1.58. The highest BCUT2D eigenvalue weighted by Gasteiger charge is 2.26. The molecule has 0 saturated carbocycles. The predicted molar refractivity (Wildman–Crippen MR) is 100 cm³/mol. The van der Waals surface area contributed by atoms with Gasteiger partial charge >= 0.3 is 0 Å². The van der Waals surface area contributed by atoms with Crippen LogP contribution in [0.1, 0.15) is 0 Å². The molecule has 0 amide bonds. The number of nitrogens with zero attached hydrogens (tertiary/aromatic N) is 2. The summed E-state index contributed by atoms with van der Waals surface area (Å²) >= 11 is 3.23. The molecule has 0 N–H and O–H groups in total. The van der Waals surface area contributed by atoms with Gasteiger partial charge in [-0.3, -0.25) is 0 Å². The van der Waals surface area contributed by atoms with Crippen LogP contribution < -0.4 is 0 Å². The van der Waals surface area contributed by atoms with Crippen LogP contribution in [0.2, 0.25) is 0 Å². The lowest BCUT2D eigenvalue weighted by atomic mass is 10.2. The first-order chi connectivity index (χ1) is 12.1. The highest BCUT2D eigenvalue weighted by atomic mass is 32.2. The second kappa shape index (κ2) is 6.97. The van der Waals surface area contributed by atoms with Gasteiger partial charge in [0.25, 0.3) is 0 Å². The Morgan fingerprint density at radius 3 is 2.44 bits per heavy atom. The summed E-state index contributed by atoms with van der Waals surface area (Å²) < 4.78 is 32.0. The van der Waals surface area contributed by atoms with Crippen molar-refractivity contribution in [1.82, 2.24) is 9.29 Å². The molecule has 1 saturated heterocycles. The summed E-state index contributed by atoms with van der Waals surface area (Å²) in [6.45, 7) is 1.70. The minimum absolute atomic E-state index is 0.312. The second-order valence-electron chi connectivity index (χ2n) is 5.59. The van der Waals surface area contributed by atoms with Gasteiger partial charge in [-0.25, -0.2) is 13.4 Å². The molecule has 0 radical (unpaired) electrons. The average Bonchev–Trinajstić information content (AvgIpc) is 3.34. The standard InChI is InChI=1S/C17H16N2O3S3/c20-25(21,19-6-8-22-9-7-19)15-3-1-13(2-4-15)16-12-24-17(18-16)14-5-10-23-11-14/h1-5,10-12H,6-9H2. The molecule has 0 bridgehead atoms. The summed E-state index contributed by atoms with van der Waals surface area (Å²) in [5, 5.41) is 7.07. The molecule has 4 rings (SSSR count). The van der Waals surface area contributed by atoms with E-state index in [9.17, 15) is 8.42 Å². The first-order valence-corrected chi connectivity index (χ1v) is 11.1. The van der Waals surface area contributed by atoms with E-state index in [1.54, 1.807) is 34.8 Å². The van der Waals surface area contributed by atoms with E-state index in [0.29, 0.717) is 31.2 Å². The minimum atomic E-state index is -3.45. The Labute approximate surface area is 154 Å². The van der Waals surface area contributed by atoms with Crippen LogP contribution in [0.3, 0.4) is 0 Å². The third kappa shape index (κ3) is 3.40. The van der Waals surface area contributed by atoms with Crippen molar-refractivity contribution in [1.29, 1.82) is 0 Å². The maximum Gasteiger partial charge on any atom is 0.243 e. The number of benzene rings is 1. The van der Waals surface area contributed by atoms with E-state index in [0.717, 1.165) is 21.8 Å². The number of morpholine rings is 1. The van der Waals surface area contributed by atoms with Crippen LogP contribution in [-0.4, -0.2) is 44.0 Å². The summed E-state index contributed by atoms with van der Waals surface area (Å²) in [5.41, 5.74) is 2.90. The van der Waals surface area contributed by atoms with E-state index in [1.807, 2.05) is 29.0 Å². The van der Waals surface area contributed by atoms with Crippen LogP contribution in [0.4, 0.5) is 0 Å². The molecular weight excluding hydrogens is 376 g/mol. The Kier molecular flexibility index (Phi) is 4.70. The zero-order valence-electron chi connectivity index (χ0n) is 13.3.